The molecule has 0 saturated carbocycles. The smallest absolute Gasteiger partial charge is 0.255 e. The number of amides is 1. The summed E-state index contributed by atoms with van der Waals surface area (Å²) >= 11 is 0. The molecular formula is C16H15F2N3O3S. The number of sulfonamides is 1. The Labute approximate surface area is 143 Å². The Morgan fingerprint density at radius 2 is 1.60 bits per heavy atom. The van der Waals surface area contributed by atoms with Crippen molar-refractivity contribution in [2.24, 2.45) is 5.10 Å². The Morgan fingerprint density at radius 3 is 2.16 bits per heavy atom. The topological polar surface area (TPSA) is 78.8 Å². The maximum atomic E-state index is 12.9. The molecule has 0 atom stereocenters. The van der Waals surface area contributed by atoms with Gasteiger partial charge in [0.25, 0.3) is 5.91 Å². The molecular weight excluding hydrogens is 352 g/mol. The summed E-state index contributed by atoms with van der Waals surface area (Å²) in [6.07, 6.45) is 1.30. The molecule has 0 bridgehead atoms. The Kier molecular flexibility index (Phi) is 5.94. The van der Waals surface area contributed by atoms with Crippen molar-refractivity contribution in [3.63, 3.8) is 0 Å². The van der Waals surface area contributed by atoms with Gasteiger partial charge in [-0.1, -0.05) is 12.1 Å². The first-order chi connectivity index (χ1) is 11.8. The molecule has 0 spiro atoms. The molecule has 2 rings (SSSR count). The lowest BCUT2D eigenvalue weighted by molar-refractivity contribution is -0.121. The van der Waals surface area contributed by atoms with Crippen LogP contribution in [0.1, 0.15) is 5.56 Å². The number of hydrogen-bond acceptors (Lipinski definition) is 4. The van der Waals surface area contributed by atoms with Crippen LogP contribution in [0.5, 0.6) is 0 Å². The van der Waals surface area contributed by atoms with Gasteiger partial charge in [0.1, 0.15) is 11.6 Å². The Hall–Kier alpha value is -2.65. The number of likely N-dealkylation sites (N-methyl/N-ethyl adjacent to an activating group) is 1. The lowest BCUT2D eigenvalue weighted by Crippen LogP contribution is -2.36. The fourth-order valence-electron chi connectivity index (χ4n) is 1.84. The summed E-state index contributed by atoms with van der Waals surface area (Å²) in [7, 11) is -2.70. The number of carbonyl (C=O) groups is 1. The summed E-state index contributed by atoms with van der Waals surface area (Å²) in [5.41, 5.74) is 2.74. The van der Waals surface area contributed by atoms with Crippen molar-refractivity contribution in [2.45, 2.75) is 4.90 Å². The highest BCUT2D eigenvalue weighted by molar-refractivity contribution is 7.89. The highest BCUT2D eigenvalue weighted by Crippen LogP contribution is 2.14. The van der Waals surface area contributed by atoms with E-state index in [-0.39, 0.29) is 4.90 Å². The zero-order valence-corrected chi connectivity index (χ0v) is 14.0. The van der Waals surface area contributed by atoms with Crippen LogP contribution in [0.2, 0.25) is 0 Å². The van der Waals surface area contributed by atoms with Crippen molar-refractivity contribution in [2.75, 3.05) is 13.6 Å². The fourth-order valence-corrected chi connectivity index (χ4v) is 2.96. The molecule has 0 aliphatic carbocycles. The van der Waals surface area contributed by atoms with Gasteiger partial charge in [0, 0.05) is 7.05 Å². The number of halogens is 2. The summed E-state index contributed by atoms with van der Waals surface area (Å²) in [6.45, 7) is -0.472. The van der Waals surface area contributed by atoms with Gasteiger partial charge in [0.2, 0.25) is 10.0 Å². The molecule has 0 aromatic heterocycles. The molecule has 0 aliphatic rings. The largest absolute Gasteiger partial charge is 0.272 e. The molecule has 0 saturated heterocycles. The molecule has 0 fully saturated rings. The number of hydrogen-bond donors (Lipinski definition) is 1. The molecule has 0 heterocycles. The zero-order chi connectivity index (χ0) is 18.4. The number of rotatable bonds is 6. The van der Waals surface area contributed by atoms with Crippen LogP contribution in [0.4, 0.5) is 8.78 Å². The molecule has 0 aliphatic heterocycles. The lowest BCUT2D eigenvalue weighted by Gasteiger charge is -2.15. The van der Waals surface area contributed by atoms with Gasteiger partial charge in [0.15, 0.2) is 0 Å². The Morgan fingerprint density at radius 1 is 1.08 bits per heavy atom. The van der Waals surface area contributed by atoms with Crippen LogP contribution in [0, 0.1) is 11.6 Å². The molecule has 1 N–H and O–H groups in total. The number of hydrazone groups is 1. The summed E-state index contributed by atoms with van der Waals surface area (Å²) in [5.74, 6) is -1.62. The SMILES string of the molecule is CN(CC(=O)N/N=C\c1ccc(F)cc1)S(=O)(=O)c1ccc(F)cc1. The lowest BCUT2D eigenvalue weighted by atomic mass is 10.2. The summed E-state index contributed by atoms with van der Waals surface area (Å²) in [5, 5.41) is 3.67. The highest BCUT2D eigenvalue weighted by Gasteiger charge is 2.22. The zero-order valence-electron chi connectivity index (χ0n) is 13.2. The van der Waals surface area contributed by atoms with Crippen molar-refractivity contribution in [1.82, 2.24) is 9.73 Å². The first kappa shape index (κ1) is 18.7. The van der Waals surface area contributed by atoms with Gasteiger partial charge < -0.3 is 0 Å². The van der Waals surface area contributed by atoms with Gasteiger partial charge in [-0.25, -0.2) is 22.6 Å². The van der Waals surface area contributed by atoms with Crippen LogP contribution in [-0.4, -0.2) is 38.4 Å². The predicted molar refractivity (Wildman–Crippen MR) is 88.4 cm³/mol. The molecule has 2 aromatic rings. The minimum Gasteiger partial charge on any atom is -0.272 e. The van der Waals surface area contributed by atoms with E-state index < -0.39 is 34.1 Å². The van der Waals surface area contributed by atoms with Gasteiger partial charge in [-0.2, -0.15) is 9.41 Å². The average molecular weight is 367 g/mol. The summed E-state index contributed by atoms with van der Waals surface area (Å²) < 4.78 is 51.0. The van der Waals surface area contributed by atoms with Gasteiger partial charge in [0.05, 0.1) is 17.7 Å². The molecule has 9 heteroatoms. The van der Waals surface area contributed by atoms with E-state index in [1.54, 1.807) is 0 Å². The van der Waals surface area contributed by atoms with Gasteiger partial charge in [-0.15, -0.1) is 0 Å². The monoisotopic (exact) mass is 367 g/mol. The van der Waals surface area contributed by atoms with Crippen LogP contribution in [0.15, 0.2) is 58.5 Å². The second kappa shape index (κ2) is 7.95. The Bertz CT molecular complexity index is 867. The van der Waals surface area contributed by atoms with Crippen LogP contribution in [0.3, 0.4) is 0 Å². The van der Waals surface area contributed by atoms with Gasteiger partial charge in [-0.3, -0.25) is 4.79 Å². The third kappa shape index (κ3) is 5.16. The predicted octanol–water partition coefficient (Wildman–Crippen LogP) is 1.74. The minimum atomic E-state index is -3.92. The molecule has 25 heavy (non-hydrogen) atoms. The van der Waals surface area contributed by atoms with E-state index >= 15 is 0 Å². The molecule has 6 nitrogen and oxygen atoms in total. The normalized spacial score (nSPS) is 11.8. The van der Waals surface area contributed by atoms with Crippen molar-refractivity contribution in [1.29, 1.82) is 0 Å². The van der Waals surface area contributed by atoms with Gasteiger partial charge in [-0.05, 0) is 42.0 Å². The highest BCUT2D eigenvalue weighted by atomic mass is 32.2. The first-order valence-corrected chi connectivity index (χ1v) is 8.52. The van der Waals surface area contributed by atoms with E-state index in [0.29, 0.717) is 5.56 Å². The van der Waals surface area contributed by atoms with E-state index in [0.717, 1.165) is 28.6 Å². The van der Waals surface area contributed by atoms with E-state index in [2.05, 4.69) is 10.5 Å². The van der Waals surface area contributed by atoms with Crippen LogP contribution in [0.25, 0.3) is 0 Å². The quantitative estimate of drug-likeness (QED) is 0.624. The van der Waals surface area contributed by atoms with Crippen molar-refractivity contribution in [3.8, 4) is 0 Å². The second-order valence-corrected chi connectivity index (χ2v) is 7.10. The summed E-state index contributed by atoms with van der Waals surface area (Å²) in [6, 6.07) is 9.70. The van der Waals surface area contributed by atoms with Crippen molar-refractivity contribution in [3.05, 3.63) is 65.7 Å². The maximum Gasteiger partial charge on any atom is 0.255 e. The van der Waals surface area contributed by atoms with E-state index in [4.69, 9.17) is 0 Å². The average Bonchev–Trinajstić information content (AvgIpc) is 2.57. The second-order valence-electron chi connectivity index (χ2n) is 5.06. The minimum absolute atomic E-state index is 0.126. The van der Waals surface area contributed by atoms with Crippen molar-refractivity contribution >= 4 is 22.1 Å². The number of carbonyl (C=O) groups excluding carboxylic acids is 1. The Balaban J connectivity index is 1.95. The maximum absolute atomic E-state index is 12.9. The first-order valence-electron chi connectivity index (χ1n) is 7.08. The van der Waals surface area contributed by atoms with Crippen LogP contribution >= 0.6 is 0 Å². The van der Waals surface area contributed by atoms with Crippen LogP contribution in [-0.2, 0) is 14.8 Å². The van der Waals surface area contributed by atoms with Crippen molar-refractivity contribution < 1.29 is 22.0 Å². The van der Waals surface area contributed by atoms with Gasteiger partial charge >= 0.3 is 0 Å². The third-order valence-corrected chi connectivity index (χ3v) is 4.98. The molecule has 132 valence electrons. The molecule has 0 unspecified atom stereocenters. The standard InChI is InChI=1S/C16H15F2N3O3S/c1-21(25(23,24)15-8-6-14(18)7-9-15)11-16(22)20-19-10-12-2-4-13(17)5-3-12/h2-10H,11H2,1H3,(H,20,22)/b19-10-. The number of benzene rings is 2. The molecule has 1 amide bonds. The molecule has 0 radical (unpaired) electrons. The van der Waals surface area contributed by atoms with Crippen LogP contribution < -0.4 is 5.43 Å². The summed E-state index contributed by atoms with van der Waals surface area (Å²) in [4.78, 5) is 11.7. The number of nitrogens with one attached hydrogen (secondary N) is 1. The van der Waals surface area contributed by atoms with E-state index in [9.17, 15) is 22.0 Å². The number of nitrogens with zero attached hydrogens (tertiary/aromatic N) is 2. The molecule has 2 aromatic carbocycles. The fraction of sp³-hybridized carbons (Fsp3) is 0.125. The van der Waals surface area contributed by atoms with E-state index in [1.165, 1.54) is 37.5 Å². The van der Waals surface area contributed by atoms with E-state index in [1.807, 2.05) is 0 Å². The third-order valence-electron chi connectivity index (χ3n) is 3.16.